The topological polar surface area (TPSA) is 64.4 Å². The summed E-state index contributed by atoms with van der Waals surface area (Å²) in [4.78, 5) is 12.6. The Morgan fingerprint density at radius 3 is 2.67 bits per heavy atom. The molecule has 130 valence electrons. The van der Waals surface area contributed by atoms with Gasteiger partial charge in [0.1, 0.15) is 12.4 Å². The van der Waals surface area contributed by atoms with E-state index in [1.165, 1.54) is 6.07 Å². The third-order valence-corrected chi connectivity index (χ3v) is 3.88. The summed E-state index contributed by atoms with van der Waals surface area (Å²) in [6, 6.07) is 5.94. The number of nitrogens with one attached hydrogen (secondary N) is 1. The van der Waals surface area contributed by atoms with Crippen molar-refractivity contribution in [2.45, 2.75) is 46.1 Å². The van der Waals surface area contributed by atoms with E-state index in [0.29, 0.717) is 12.2 Å². The zero-order chi connectivity index (χ0) is 17.7. The Kier molecular flexibility index (Phi) is 5.95. The van der Waals surface area contributed by atoms with Crippen LogP contribution in [0.15, 0.2) is 28.8 Å². The average molecular weight is 334 g/mol. The smallest absolute Gasteiger partial charge is 0.228 e. The van der Waals surface area contributed by atoms with Gasteiger partial charge in [-0.05, 0) is 39.3 Å². The third-order valence-electron chi connectivity index (χ3n) is 3.88. The highest BCUT2D eigenvalue weighted by Crippen LogP contribution is 2.26. The van der Waals surface area contributed by atoms with E-state index in [1.807, 2.05) is 20.8 Å². The molecule has 0 fully saturated rings. The summed E-state index contributed by atoms with van der Waals surface area (Å²) in [5, 5.41) is 6.82. The first-order valence-corrected chi connectivity index (χ1v) is 8.04. The summed E-state index contributed by atoms with van der Waals surface area (Å²) >= 11 is 0. The van der Waals surface area contributed by atoms with Crippen LogP contribution in [0.2, 0.25) is 0 Å². The van der Waals surface area contributed by atoms with Gasteiger partial charge in [-0.2, -0.15) is 0 Å². The van der Waals surface area contributed by atoms with Crippen molar-refractivity contribution in [2.75, 3.05) is 6.61 Å². The third kappa shape index (κ3) is 4.13. The van der Waals surface area contributed by atoms with Gasteiger partial charge in [0.05, 0.1) is 17.7 Å². The fourth-order valence-electron chi connectivity index (χ4n) is 2.67. The molecule has 24 heavy (non-hydrogen) atoms. The van der Waals surface area contributed by atoms with E-state index in [1.54, 1.807) is 25.1 Å². The van der Waals surface area contributed by atoms with Crippen LogP contribution in [-0.4, -0.2) is 23.7 Å². The molecule has 1 amide bonds. The molecule has 1 N–H and O–H groups in total. The van der Waals surface area contributed by atoms with Gasteiger partial charge in [-0.3, -0.25) is 4.79 Å². The number of ether oxygens (including phenoxy) is 1. The van der Waals surface area contributed by atoms with Gasteiger partial charge in [0, 0.05) is 5.56 Å². The molecule has 2 atom stereocenters. The monoisotopic (exact) mass is 334 g/mol. The maximum atomic E-state index is 13.5. The molecule has 0 bridgehead atoms. The number of para-hydroxylation sites is 1. The Balaban J connectivity index is 1.96. The highest BCUT2D eigenvalue weighted by Gasteiger charge is 2.26. The molecular weight excluding hydrogens is 311 g/mol. The molecule has 2 unspecified atom stereocenters. The molecule has 0 spiro atoms. The van der Waals surface area contributed by atoms with E-state index in [4.69, 9.17) is 9.26 Å². The maximum absolute atomic E-state index is 13.5. The van der Waals surface area contributed by atoms with E-state index >= 15 is 0 Å². The molecule has 0 aliphatic carbocycles. The summed E-state index contributed by atoms with van der Waals surface area (Å²) in [5.41, 5.74) is 1.56. The molecule has 2 rings (SSSR count). The second kappa shape index (κ2) is 7.95. The number of nitrogens with zero attached hydrogens (tertiary/aromatic N) is 1. The molecule has 1 aromatic carbocycles. The van der Waals surface area contributed by atoms with Crippen molar-refractivity contribution >= 4 is 5.91 Å². The van der Waals surface area contributed by atoms with Gasteiger partial charge in [0.15, 0.2) is 11.6 Å². The summed E-state index contributed by atoms with van der Waals surface area (Å²) < 4.78 is 24.1. The van der Waals surface area contributed by atoms with Gasteiger partial charge in [0.25, 0.3) is 0 Å². The number of aromatic nitrogens is 1. The highest BCUT2D eigenvalue weighted by atomic mass is 19.1. The minimum atomic E-state index is -0.418. The Labute approximate surface area is 141 Å². The van der Waals surface area contributed by atoms with Gasteiger partial charge in [-0.1, -0.05) is 24.2 Å². The lowest BCUT2D eigenvalue weighted by molar-refractivity contribution is -0.123. The van der Waals surface area contributed by atoms with E-state index in [0.717, 1.165) is 11.3 Å². The quantitative estimate of drug-likeness (QED) is 0.841. The van der Waals surface area contributed by atoms with Crippen LogP contribution in [-0.2, 0) is 4.79 Å². The second-order valence-corrected chi connectivity index (χ2v) is 5.85. The fraction of sp³-hybridized carbons (Fsp3) is 0.444. The average Bonchev–Trinajstić information content (AvgIpc) is 2.87. The normalized spacial score (nSPS) is 13.4. The van der Waals surface area contributed by atoms with Crippen LogP contribution in [0.25, 0.3) is 0 Å². The van der Waals surface area contributed by atoms with E-state index in [2.05, 4.69) is 10.5 Å². The van der Waals surface area contributed by atoms with Crippen molar-refractivity contribution in [1.82, 2.24) is 10.5 Å². The Hall–Kier alpha value is -2.37. The van der Waals surface area contributed by atoms with Gasteiger partial charge in [-0.25, -0.2) is 4.39 Å². The van der Waals surface area contributed by atoms with Crippen LogP contribution >= 0.6 is 0 Å². The number of carbonyl (C=O) groups excluding carboxylic acids is 1. The molecular formula is C18H23FN2O3. The number of amides is 1. The maximum Gasteiger partial charge on any atom is 0.228 e. The lowest BCUT2D eigenvalue weighted by Crippen LogP contribution is -2.39. The zero-order valence-electron chi connectivity index (χ0n) is 14.4. The first kappa shape index (κ1) is 18.0. The van der Waals surface area contributed by atoms with Gasteiger partial charge >= 0.3 is 0 Å². The lowest BCUT2D eigenvalue weighted by Gasteiger charge is -2.20. The standard InChI is InChI=1S/C18H23FN2O3/c1-5-14(17-12(3)21-24-13(17)4)18(22)20-11(2)10-23-16-9-7-6-8-15(16)19/h6-9,11,14H,5,10H2,1-4H3,(H,20,22). The summed E-state index contributed by atoms with van der Waals surface area (Å²) in [5.74, 6) is -0.0250. The number of carbonyl (C=O) groups is 1. The largest absolute Gasteiger partial charge is 0.488 e. The highest BCUT2D eigenvalue weighted by molar-refractivity contribution is 5.84. The van der Waals surface area contributed by atoms with Crippen LogP contribution in [0.4, 0.5) is 4.39 Å². The van der Waals surface area contributed by atoms with Crippen LogP contribution in [0, 0.1) is 19.7 Å². The molecule has 2 aromatic rings. The number of hydrogen-bond acceptors (Lipinski definition) is 4. The molecule has 0 aliphatic heterocycles. The van der Waals surface area contributed by atoms with E-state index in [-0.39, 0.29) is 30.2 Å². The SMILES string of the molecule is CCC(C(=O)NC(C)COc1ccccc1F)c1c(C)noc1C. The number of benzene rings is 1. The summed E-state index contributed by atoms with van der Waals surface area (Å²) in [6.45, 7) is 7.57. The molecule has 5 nitrogen and oxygen atoms in total. The number of rotatable bonds is 7. The van der Waals surface area contributed by atoms with Gasteiger partial charge in [-0.15, -0.1) is 0 Å². The molecule has 0 aliphatic rings. The number of aryl methyl sites for hydroxylation is 2. The van der Waals surface area contributed by atoms with Crippen LogP contribution in [0.3, 0.4) is 0 Å². The van der Waals surface area contributed by atoms with Crippen molar-refractivity contribution in [3.8, 4) is 5.75 Å². The predicted molar refractivity (Wildman–Crippen MR) is 88.5 cm³/mol. The van der Waals surface area contributed by atoms with Crippen molar-refractivity contribution < 1.29 is 18.4 Å². The van der Waals surface area contributed by atoms with Gasteiger partial charge in [0.2, 0.25) is 5.91 Å². The van der Waals surface area contributed by atoms with Crippen molar-refractivity contribution in [1.29, 1.82) is 0 Å². The molecule has 0 radical (unpaired) electrons. The van der Waals surface area contributed by atoms with Crippen molar-refractivity contribution in [3.05, 3.63) is 47.1 Å². The molecule has 0 saturated carbocycles. The molecule has 0 saturated heterocycles. The van der Waals surface area contributed by atoms with Crippen LogP contribution in [0.1, 0.15) is 43.2 Å². The molecule has 1 aromatic heterocycles. The number of hydrogen-bond donors (Lipinski definition) is 1. The molecule has 6 heteroatoms. The van der Waals surface area contributed by atoms with Crippen molar-refractivity contribution in [3.63, 3.8) is 0 Å². The first-order valence-electron chi connectivity index (χ1n) is 8.04. The van der Waals surface area contributed by atoms with Gasteiger partial charge < -0.3 is 14.6 Å². The minimum absolute atomic E-state index is 0.114. The zero-order valence-corrected chi connectivity index (χ0v) is 14.4. The number of halogens is 1. The van der Waals surface area contributed by atoms with E-state index < -0.39 is 5.82 Å². The molecule has 1 heterocycles. The lowest BCUT2D eigenvalue weighted by atomic mass is 9.94. The predicted octanol–water partition coefficient (Wildman–Crippen LogP) is 3.51. The Morgan fingerprint density at radius 2 is 2.08 bits per heavy atom. The summed E-state index contributed by atoms with van der Waals surface area (Å²) in [7, 11) is 0. The Morgan fingerprint density at radius 1 is 1.38 bits per heavy atom. The van der Waals surface area contributed by atoms with Crippen LogP contribution in [0.5, 0.6) is 5.75 Å². The minimum Gasteiger partial charge on any atom is -0.488 e. The summed E-state index contributed by atoms with van der Waals surface area (Å²) in [6.07, 6.45) is 0.635. The van der Waals surface area contributed by atoms with E-state index in [9.17, 15) is 9.18 Å². The fourth-order valence-corrected chi connectivity index (χ4v) is 2.67. The second-order valence-electron chi connectivity index (χ2n) is 5.85. The first-order chi connectivity index (χ1) is 11.4. The Bertz CT molecular complexity index is 680. The van der Waals surface area contributed by atoms with Crippen LogP contribution < -0.4 is 10.1 Å². The van der Waals surface area contributed by atoms with Crippen molar-refractivity contribution in [2.24, 2.45) is 0 Å².